The van der Waals surface area contributed by atoms with Gasteiger partial charge in [0.1, 0.15) is 0 Å². The average Bonchev–Trinajstić information content (AvgIpc) is 2.55. The van der Waals surface area contributed by atoms with Crippen molar-refractivity contribution in [3.05, 3.63) is 30.1 Å². The fourth-order valence-electron chi connectivity index (χ4n) is 1.97. The zero-order valence-corrected chi connectivity index (χ0v) is 8.05. The minimum atomic E-state index is 1.25. The van der Waals surface area contributed by atoms with E-state index in [-0.39, 0.29) is 0 Å². The molecule has 0 aromatic carbocycles. The zero-order valence-electron chi connectivity index (χ0n) is 8.05. The molecule has 0 atom stereocenters. The lowest BCUT2D eigenvalue weighted by Gasteiger charge is -2.09. The third-order valence-corrected chi connectivity index (χ3v) is 2.73. The Morgan fingerprint density at radius 1 is 1.08 bits per heavy atom. The molecule has 0 unspecified atom stereocenters. The number of allylic oxidation sites excluding steroid dienone is 2. The van der Waals surface area contributed by atoms with Gasteiger partial charge in [-0.05, 0) is 43.4 Å². The third kappa shape index (κ3) is 2.24. The van der Waals surface area contributed by atoms with Crippen LogP contribution in [-0.4, -0.2) is 4.98 Å². The Balaban J connectivity index is 2.11. The van der Waals surface area contributed by atoms with Crippen molar-refractivity contribution in [3.8, 4) is 0 Å². The Morgan fingerprint density at radius 2 is 2.00 bits per heavy atom. The molecule has 0 spiro atoms. The highest BCUT2D eigenvalue weighted by Crippen LogP contribution is 2.23. The highest BCUT2D eigenvalue weighted by Gasteiger charge is 2.04. The van der Waals surface area contributed by atoms with E-state index in [1.54, 1.807) is 0 Å². The van der Waals surface area contributed by atoms with E-state index in [1.807, 2.05) is 6.20 Å². The Labute approximate surface area is 79.9 Å². The molecule has 0 fully saturated rings. The monoisotopic (exact) mass is 175 g/mol. The van der Waals surface area contributed by atoms with Gasteiger partial charge in [-0.15, -0.1) is 0 Å². The van der Waals surface area contributed by atoms with Crippen molar-refractivity contribution < 1.29 is 0 Å². The summed E-state index contributed by atoms with van der Waals surface area (Å²) in [6.07, 6.45) is 12.5. The second-order valence-corrected chi connectivity index (χ2v) is 3.77. The summed E-state index contributed by atoms with van der Waals surface area (Å²) in [5.74, 6) is 0. The Bertz CT molecular complexity index is 269. The number of aromatic amines is 1. The van der Waals surface area contributed by atoms with Crippen molar-refractivity contribution in [2.24, 2.45) is 0 Å². The summed E-state index contributed by atoms with van der Waals surface area (Å²) in [6, 6.07) is 4.25. The molecule has 2 rings (SSSR count). The number of aromatic nitrogens is 1. The molecule has 1 aromatic rings. The number of hydrogen-bond donors (Lipinski definition) is 1. The summed E-state index contributed by atoms with van der Waals surface area (Å²) in [7, 11) is 0. The van der Waals surface area contributed by atoms with Gasteiger partial charge in [-0.25, -0.2) is 0 Å². The van der Waals surface area contributed by atoms with Crippen molar-refractivity contribution in [2.75, 3.05) is 0 Å². The van der Waals surface area contributed by atoms with Gasteiger partial charge in [0.2, 0.25) is 0 Å². The fourth-order valence-corrected chi connectivity index (χ4v) is 1.97. The standard InChI is InChI=1S/C12H17N/c1-2-4-7-11(8-5-3-1)12-9-6-10-13-12/h6-7,9-10,13H,1-5,8H2/b11-7+. The maximum Gasteiger partial charge on any atom is 0.0409 e. The summed E-state index contributed by atoms with van der Waals surface area (Å²) < 4.78 is 0. The molecule has 0 bridgehead atoms. The molecule has 13 heavy (non-hydrogen) atoms. The molecule has 0 aliphatic heterocycles. The molecule has 1 N–H and O–H groups in total. The lowest BCUT2D eigenvalue weighted by Crippen LogP contribution is -1.90. The first-order valence-corrected chi connectivity index (χ1v) is 5.29. The van der Waals surface area contributed by atoms with Crippen molar-refractivity contribution >= 4 is 5.57 Å². The summed E-state index contributed by atoms with van der Waals surface area (Å²) in [4.78, 5) is 3.29. The largest absolute Gasteiger partial charge is 0.361 e. The van der Waals surface area contributed by atoms with Crippen molar-refractivity contribution in [3.63, 3.8) is 0 Å². The maximum atomic E-state index is 3.29. The summed E-state index contributed by atoms with van der Waals surface area (Å²) in [5, 5.41) is 0. The number of H-pyrrole nitrogens is 1. The van der Waals surface area contributed by atoms with E-state index >= 15 is 0 Å². The van der Waals surface area contributed by atoms with Gasteiger partial charge in [0.05, 0.1) is 0 Å². The predicted octanol–water partition coefficient (Wildman–Crippen LogP) is 3.75. The Kier molecular flexibility index (Phi) is 2.86. The first-order valence-electron chi connectivity index (χ1n) is 5.29. The van der Waals surface area contributed by atoms with Gasteiger partial charge in [-0.1, -0.05) is 18.9 Å². The topological polar surface area (TPSA) is 15.8 Å². The smallest absolute Gasteiger partial charge is 0.0409 e. The van der Waals surface area contributed by atoms with Gasteiger partial charge in [0.15, 0.2) is 0 Å². The first kappa shape index (κ1) is 8.61. The van der Waals surface area contributed by atoms with Gasteiger partial charge < -0.3 is 4.98 Å². The summed E-state index contributed by atoms with van der Waals surface area (Å²) in [6.45, 7) is 0. The predicted molar refractivity (Wildman–Crippen MR) is 56.5 cm³/mol. The van der Waals surface area contributed by atoms with Crippen molar-refractivity contribution in [1.82, 2.24) is 4.98 Å². The quantitative estimate of drug-likeness (QED) is 0.669. The third-order valence-electron chi connectivity index (χ3n) is 2.73. The highest BCUT2D eigenvalue weighted by molar-refractivity contribution is 5.62. The van der Waals surface area contributed by atoms with Crippen LogP contribution in [0.2, 0.25) is 0 Å². The minimum absolute atomic E-state index is 1.25. The molecule has 70 valence electrons. The molecular formula is C12H17N. The van der Waals surface area contributed by atoms with Crippen LogP contribution in [0.25, 0.3) is 5.57 Å². The molecule has 1 nitrogen and oxygen atoms in total. The van der Waals surface area contributed by atoms with Crippen LogP contribution in [0.3, 0.4) is 0 Å². The number of rotatable bonds is 1. The molecule has 1 heterocycles. The Morgan fingerprint density at radius 3 is 2.85 bits per heavy atom. The molecule has 1 heteroatoms. The van der Waals surface area contributed by atoms with Crippen LogP contribution < -0.4 is 0 Å². The van der Waals surface area contributed by atoms with Crippen LogP contribution >= 0.6 is 0 Å². The van der Waals surface area contributed by atoms with Crippen LogP contribution in [-0.2, 0) is 0 Å². The summed E-state index contributed by atoms with van der Waals surface area (Å²) >= 11 is 0. The van der Waals surface area contributed by atoms with Crippen LogP contribution in [0.4, 0.5) is 0 Å². The minimum Gasteiger partial charge on any atom is -0.361 e. The van der Waals surface area contributed by atoms with Gasteiger partial charge in [0, 0.05) is 11.9 Å². The molecule has 1 aliphatic rings. The molecule has 0 radical (unpaired) electrons. The van der Waals surface area contributed by atoms with E-state index in [9.17, 15) is 0 Å². The van der Waals surface area contributed by atoms with Gasteiger partial charge in [-0.2, -0.15) is 0 Å². The van der Waals surface area contributed by atoms with E-state index in [0.29, 0.717) is 0 Å². The second kappa shape index (κ2) is 4.31. The molecule has 0 amide bonds. The summed E-state index contributed by atoms with van der Waals surface area (Å²) in [5.41, 5.74) is 2.84. The molecular weight excluding hydrogens is 158 g/mol. The van der Waals surface area contributed by atoms with Crippen molar-refractivity contribution in [1.29, 1.82) is 0 Å². The van der Waals surface area contributed by atoms with E-state index in [4.69, 9.17) is 0 Å². The first-order chi connectivity index (χ1) is 6.47. The lowest BCUT2D eigenvalue weighted by atomic mass is 9.98. The molecule has 0 saturated heterocycles. The Hall–Kier alpha value is -0.980. The SMILES string of the molecule is C1=C(/c2ccc[nH]2)CCCCCC/1. The van der Waals surface area contributed by atoms with Gasteiger partial charge in [-0.3, -0.25) is 0 Å². The van der Waals surface area contributed by atoms with E-state index < -0.39 is 0 Å². The normalized spacial score (nSPS) is 22.9. The molecule has 0 saturated carbocycles. The van der Waals surface area contributed by atoms with Crippen LogP contribution in [0.15, 0.2) is 24.4 Å². The second-order valence-electron chi connectivity index (χ2n) is 3.77. The van der Waals surface area contributed by atoms with Crippen LogP contribution in [0.1, 0.15) is 44.2 Å². The van der Waals surface area contributed by atoms with Gasteiger partial charge >= 0.3 is 0 Å². The van der Waals surface area contributed by atoms with Gasteiger partial charge in [0.25, 0.3) is 0 Å². The maximum absolute atomic E-state index is 3.29. The molecule has 1 aromatic heterocycles. The zero-order chi connectivity index (χ0) is 8.93. The van der Waals surface area contributed by atoms with Crippen molar-refractivity contribution in [2.45, 2.75) is 38.5 Å². The van der Waals surface area contributed by atoms with E-state index in [2.05, 4.69) is 23.2 Å². The van der Waals surface area contributed by atoms with E-state index in [0.717, 1.165) is 0 Å². The van der Waals surface area contributed by atoms with E-state index in [1.165, 1.54) is 49.8 Å². The number of hydrogen-bond acceptors (Lipinski definition) is 0. The lowest BCUT2D eigenvalue weighted by molar-refractivity contribution is 0.643. The van der Waals surface area contributed by atoms with Crippen LogP contribution in [0, 0.1) is 0 Å². The fraction of sp³-hybridized carbons (Fsp3) is 0.500. The van der Waals surface area contributed by atoms with Crippen LogP contribution in [0.5, 0.6) is 0 Å². The highest BCUT2D eigenvalue weighted by atomic mass is 14.7. The molecule has 1 aliphatic carbocycles. The average molecular weight is 175 g/mol. The number of nitrogens with one attached hydrogen (secondary N) is 1.